The standard InChI is InChI=1S/C16H28O8.2H2O4S/c1-7-9(5-17)22-16(11(18)12(7)19-3)24-14-10-6-21-13(14)8(2)15(20-4)23-10;2*1-5(2,3)4/h7-18H,5-6H2,1-4H3;2*(H2,1,2,3,4)/p-2/t7-,8?,9?,10?,11?,12-,13-,14-,15-,16-;;/m0../s1. The van der Waals surface area contributed by atoms with E-state index >= 15 is 0 Å². The van der Waals surface area contributed by atoms with E-state index in [9.17, 15) is 10.2 Å². The Labute approximate surface area is 197 Å². The van der Waals surface area contributed by atoms with Crippen molar-refractivity contribution < 1.29 is 73.7 Å². The molecule has 3 aliphatic rings. The Balaban J connectivity index is 0.000000489. The summed E-state index contributed by atoms with van der Waals surface area (Å²) in [5, 5.41) is 20.1. The Bertz CT molecular complexity index is 773. The molecular formula is C16H30O16S2-2. The van der Waals surface area contributed by atoms with Crippen molar-refractivity contribution in [3.63, 3.8) is 0 Å². The van der Waals surface area contributed by atoms with E-state index in [1.807, 2.05) is 13.8 Å². The summed E-state index contributed by atoms with van der Waals surface area (Å²) in [6.45, 7) is 4.10. The van der Waals surface area contributed by atoms with Crippen molar-refractivity contribution >= 4 is 20.8 Å². The smallest absolute Gasteiger partial charge is 0.215 e. The number of aliphatic hydroxyl groups excluding tert-OH is 2. The van der Waals surface area contributed by atoms with Gasteiger partial charge in [-0.15, -0.1) is 0 Å². The van der Waals surface area contributed by atoms with Crippen molar-refractivity contribution in [2.45, 2.75) is 63.1 Å². The summed E-state index contributed by atoms with van der Waals surface area (Å²) < 4.78 is 99.8. The molecule has 0 spiro atoms. The summed E-state index contributed by atoms with van der Waals surface area (Å²) in [5.74, 6) is -0.160. The molecule has 4 N–H and O–H groups in total. The van der Waals surface area contributed by atoms with Crippen molar-refractivity contribution in [2.24, 2.45) is 11.8 Å². The highest BCUT2D eigenvalue weighted by Crippen LogP contribution is 2.38. The van der Waals surface area contributed by atoms with E-state index in [2.05, 4.69) is 0 Å². The third kappa shape index (κ3) is 9.82. The first-order valence-electron chi connectivity index (χ1n) is 9.80. The van der Waals surface area contributed by atoms with Crippen LogP contribution < -0.4 is 0 Å². The Morgan fingerprint density at radius 3 is 1.88 bits per heavy atom. The highest BCUT2D eigenvalue weighted by atomic mass is 32.3. The maximum Gasteiger partial charge on any atom is 0.215 e. The number of aliphatic hydroxyl groups is 2. The van der Waals surface area contributed by atoms with Gasteiger partial charge in [0.05, 0.1) is 31.5 Å². The summed E-state index contributed by atoms with van der Waals surface area (Å²) in [6, 6.07) is 0. The maximum absolute atomic E-state index is 10.5. The first-order chi connectivity index (χ1) is 15.5. The van der Waals surface area contributed by atoms with Crippen molar-refractivity contribution in [1.82, 2.24) is 0 Å². The molecule has 2 bridgehead atoms. The third-order valence-corrected chi connectivity index (χ3v) is 5.40. The van der Waals surface area contributed by atoms with Gasteiger partial charge in [-0.25, -0.2) is 16.8 Å². The molecule has 3 fully saturated rings. The van der Waals surface area contributed by atoms with E-state index in [-0.39, 0.29) is 43.0 Å². The zero-order chi connectivity index (χ0) is 26.4. The Morgan fingerprint density at radius 1 is 0.912 bits per heavy atom. The lowest BCUT2D eigenvalue weighted by atomic mass is 9.90. The molecule has 10 atom stereocenters. The number of ether oxygens (including phenoxy) is 6. The van der Waals surface area contributed by atoms with Crippen LogP contribution in [0.2, 0.25) is 0 Å². The van der Waals surface area contributed by atoms with E-state index in [4.69, 9.17) is 63.5 Å². The van der Waals surface area contributed by atoms with E-state index in [0.29, 0.717) is 6.61 Å². The van der Waals surface area contributed by atoms with Crippen molar-refractivity contribution in [3.05, 3.63) is 0 Å². The zero-order valence-electron chi connectivity index (χ0n) is 18.7. The second-order valence-corrected chi connectivity index (χ2v) is 9.38. The van der Waals surface area contributed by atoms with E-state index < -0.39 is 45.4 Å². The minimum Gasteiger partial charge on any atom is -0.726 e. The normalized spacial score (nSPS) is 39.9. The average molecular weight is 543 g/mol. The van der Waals surface area contributed by atoms with Crippen molar-refractivity contribution in [3.8, 4) is 0 Å². The van der Waals surface area contributed by atoms with Gasteiger partial charge in [0, 0.05) is 26.1 Å². The van der Waals surface area contributed by atoms with E-state index in [1.165, 1.54) is 7.11 Å². The molecule has 0 amide bonds. The topological polar surface area (TPSA) is 251 Å². The van der Waals surface area contributed by atoms with E-state index in [0.717, 1.165) is 0 Å². The molecule has 16 nitrogen and oxygen atoms in total. The van der Waals surface area contributed by atoms with Crippen LogP contribution in [0.25, 0.3) is 0 Å². The summed E-state index contributed by atoms with van der Waals surface area (Å²) in [6.07, 6.45) is -3.98. The quantitative estimate of drug-likeness (QED) is 0.207. The van der Waals surface area contributed by atoms with Gasteiger partial charge < -0.3 is 47.7 Å². The van der Waals surface area contributed by atoms with Gasteiger partial charge in [0.25, 0.3) is 0 Å². The van der Waals surface area contributed by atoms with Crippen LogP contribution in [0.3, 0.4) is 0 Å². The number of hydrogen-bond donors (Lipinski definition) is 4. The van der Waals surface area contributed by atoms with Crippen LogP contribution in [0.5, 0.6) is 0 Å². The Morgan fingerprint density at radius 2 is 1.44 bits per heavy atom. The van der Waals surface area contributed by atoms with Crippen LogP contribution in [0.15, 0.2) is 0 Å². The predicted octanol–water partition coefficient (Wildman–Crippen LogP) is -2.48. The molecule has 0 radical (unpaired) electrons. The van der Waals surface area contributed by atoms with Crippen LogP contribution in [0.4, 0.5) is 0 Å². The molecule has 4 unspecified atom stereocenters. The Kier molecular flexibility index (Phi) is 12.1. The second kappa shape index (κ2) is 13.1. The van der Waals surface area contributed by atoms with Gasteiger partial charge in [-0.3, -0.25) is 9.11 Å². The lowest BCUT2D eigenvalue weighted by Crippen LogP contribution is -2.59. The van der Waals surface area contributed by atoms with Crippen LogP contribution in [-0.2, 0) is 49.2 Å². The molecule has 3 saturated heterocycles. The molecule has 3 heterocycles. The minimum atomic E-state index is -4.92. The van der Waals surface area contributed by atoms with Crippen LogP contribution in [-0.4, -0.2) is 122 Å². The number of methoxy groups -OCH3 is 2. The van der Waals surface area contributed by atoms with Crippen molar-refractivity contribution in [2.75, 3.05) is 27.4 Å². The summed E-state index contributed by atoms with van der Waals surface area (Å²) in [4.78, 5) is 0. The first kappa shape index (κ1) is 31.4. The molecule has 34 heavy (non-hydrogen) atoms. The molecule has 0 aromatic rings. The number of rotatable bonds is 5. The fourth-order valence-corrected chi connectivity index (χ4v) is 3.95. The van der Waals surface area contributed by atoms with Crippen LogP contribution in [0, 0.1) is 11.8 Å². The van der Waals surface area contributed by atoms with Crippen LogP contribution in [0.1, 0.15) is 13.8 Å². The van der Waals surface area contributed by atoms with Gasteiger partial charge in [-0.1, -0.05) is 13.8 Å². The summed E-state index contributed by atoms with van der Waals surface area (Å²) in [5.41, 5.74) is 0. The van der Waals surface area contributed by atoms with Gasteiger partial charge >= 0.3 is 0 Å². The molecule has 3 aliphatic heterocycles. The summed E-state index contributed by atoms with van der Waals surface area (Å²) in [7, 11) is -6.70. The molecule has 18 heteroatoms. The highest BCUT2D eigenvalue weighted by molar-refractivity contribution is 7.80. The SMILES string of the molecule is CO[C@H]1OC2CO[C@@H](C1C)[C@H]2O[C@@H]1OC(CO)[C@H](C)[C@H](OC)C1O.O=S(=O)([O-])O.O=S(=O)([O-])O. The third-order valence-electron chi connectivity index (χ3n) is 5.40. The maximum atomic E-state index is 10.5. The molecule has 0 saturated carbocycles. The largest absolute Gasteiger partial charge is 0.726 e. The Hall–Kier alpha value is -0.580. The molecule has 3 rings (SSSR count). The van der Waals surface area contributed by atoms with Gasteiger partial charge in [0.2, 0.25) is 20.8 Å². The lowest BCUT2D eigenvalue weighted by Gasteiger charge is -2.45. The molecular weight excluding hydrogens is 512 g/mol. The van der Waals surface area contributed by atoms with Gasteiger partial charge in [-0.05, 0) is 0 Å². The van der Waals surface area contributed by atoms with Crippen LogP contribution >= 0.6 is 0 Å². The highest BCUT2D eigenvalue weighted by Gasteiger charge is 2.53. The molecule has 0 aliphatic carbocycles. The molecule has 204 valence electrons. The summed E-state index contributed by atoms with van der Waals surface area (Å²) >= 11 is 0. The number of hydrogen-bond acceptors (Lipinski definition) is 14. The average Bonchev–Trinajstić information content (AvgIpc) is 2.99. The van der Waals surface area contributed by atoms with E-state index in [1.54, 1.807) is 7.11 Å². The van der Waals surface area contributed by atoms with Gasteiger partial charge in [0.15, 0.2) is 12.6 Å². The predicted molar refractivity (Wildman–Crippen MR) is 106 cm³/mol. The van der Waals surface area contributed by atoms with Gasteiger partial charge in [0.1, 0.15) is 18.3 Å². The minimum absolute atomic E-state index is 0.00901. The molecule has 0 aromatic heterocycles. The fourth-order valence-electron chi connectivity index (χ4n) is 3.95. The monoisotopic (exact) mass is 542 g/mol. The van der Waals surface area contributed by atoms with Gasteiger partial charge in [-0.2, -0.15) is 0 Å². The first-order valence-corrected chi connectivity index (χ1v) is 12.5. The number of fused-ring (bicyclic) bond motifs is 2. The zero-order valence-corrected chi connectivity index (χ0v) is 20.3. The fraction of sp³-hybridized carbons (Fsp3) is 1.00. The molecule has 0 aromatic carbocycles. The lowest BCUT2D eigenvalue weighted by molar-refractivity contribution is -0.328. The van der Waals surface area contributed by atoms with Crippen molar-refractivity contribution in [1.29, 1.82) is 0 Å². The second-order valence-electron chi connectivity index (χ2n) is 7.67.